The number of thioether (sulfide) groups is 1. The number of hydrogen-bond donors (Lipinski definition) is 1. The fourth-order valence-electron chi connectivity index (χ4n) is 3.42. The lowest BCUT2D eigenvalue weighted by Gasteiger charge is -2.33. The highest BCUT2D eigenvalue weighted by Crippen LogP contribution is 2.39. The van der Waals surface area contributed by atoms with Gasteiger partial charge < -0.3 is 14.8 Å². The molecular weight excluding hydrogens is 394 g/mol. The summed E-state index contributed by atoms with van der Waals surface area (Å²) in [6.07, 6.45) is 10.4. The van der Waals surface area contributed by atoms with Crippen LogP contribution in [0, 0.1) is 6.92 Å². The Balaban J connectivity index is 2.59. The minimum Gasteiger partial charge on any atom is -0.460 e. The van der Waals surface area contributed by atoms with Crippen LogP contribution in [0.5, 0.6) is 0 Å². The van der Waals surface area contributed by atoms with E-state index in [-0.39, 0.29) is 10.8 Å². The van der Waals surface area contributed by atoms with E-state index in [4.69, 9.17) is 4.74 Å². The van der Waals surface area contributed by atoms with Crippen LogP contribution in [0.1, 0.15) is 90.5 Å². The second kappa shape index (κ2) is 13.9. The van der Waals surface area contributed by atoms with Crippen molar-refractivity contribution in [3.8, 4) is 0 Å². The molecule has 0 aliphatic rings. The highest BCUT2D eigenvalue weighted by atomic mass is 32.2. The largest absolute Gasteiger partial charge is 0.460 e. The van der Waals surface area contributed by atoms with E-state index in [1.54, 1.807) is 0 Å². The normalized spacial score (nSPS) is 13.6. The number of aryl methyl sites for hydroxylation is 1. The summed E-state index contributed by atoms with van der Waals surface area (Å²) in [6.45, 7) is 7.83. The summed E-state index contributed by atoms with van der Waals surface area (Å²) >= 11 is 1.91. The molecule has 0 radical (unpaired) electrons. The third-order valence-electron chi connectivity index (χ3n) is 5.07. The second-order valence-electron chi connectivity index (χ2n) is 9.07. The van der Waals surface area contributed by atoms with Crippen molar-refractivity contribution in [1.29, 1.82) is 0 Å². The smallest absolute Gasteiger partial charge is 0.306 e. The van der Waals surface area contributed by atoms with E-state index in [2.05, 4.69) is 36.5 Å². The number of rotatable bonds is 15. The van der Waals surface area contributed by atoms with Crippen LogP contribution in [-0.4, -0.2) is 29.8 Å². The van der Waals surface area contributed by atoms with E-state index in [1.165, 1.54) is 10.5 Å². The quantitative estimate of drug-likeness (QED) is 0.113. The van der Waals surface area contributed by atoms with Crippen LogP contribution in [0.4, 0.5) is 0 Å². The molecule has 0 spiro atoms. The van der Waals surface area contributed by atoms with Gasteiger partial charge in [-0.3, -0.25) is 4.79 Å². The first-order valence-corrected chi connectivity index (χ1v) is 12.1. The Kier molecular flexibility index (Phi) is 12.3. The average Bonchev–Trinajstić information content (AvgIpc) is 2.67. The molecule has 5 heteroatoms. The summed E-state index contributed by atoms with van der Waals surface area (Å²) in [7, 11) is 2.05. The maximum Gasteiger partial charge on any atom is 0.306 e. The predicted molar refractivity (Wildman–Crippen MR) is 127 cm³/mol. The summed E-state index contributed by atoms with van der Waals surface area (Å²) in [4.78, 5) is 23.7. The summed E-state index contributed by atoms with van der Waals surface area (Å²) in [5, 5.41) is 3.60. The van der Waals surface area contributed by atoms with Crippen LogP contribution < -0.4 is 5.32 Å². The molecule has 4 nitrogen and oxygen atoms in total. The minimum atomic E-state index is -0.410. The van der Waals surface area contributed by atoms with Gasteiger partial charge in [0.2, 0.25) is 0 Å². The van der Waals surface area contributed by atoms with Crippen molar-refractivity contribution in [2.45, 2.75) is 107 Å². The van der Waals surface area contributed by atoms with Gasteiger partial charge in [0.15, 0.2) is 0 Å². The number of aldehydes is 1. The van der Waals surface area contributed by atoms with Crippen molar-refractivity contribution in [3.05, 3.63) is 29.8 Å². The molecule has 30 heavy (non-hydrogen) atoms. The van der Waals surface area contributed by atoms with E-state index >= 15 is 0 Å². The maximum absolute atomic E-state index is 11.9. The molecule has 0 fully saturated rings. The van der Waals surface area contributed by atoms with Gasteiger partial charge in [0.05, 0.1) is 4.87 Å². The van der Waals surface area contributed by atoms with Crippen LogP contribution >= 0.6 is 11.8 Å². The third kappa shape index (κ3) is 11.8. The Morgan fingerprint density at radius 2 is 1.60 bits per heavy atom. The topological polar surface area (TPSA) is 55.4 Å². The maximum atomic E-state index is 11.9. The number of esters is 1. The van der Waals surface area contributed by atoms with E-state index in [1.807, 2.05) is 39.6 Å². The lowest BCUT2D eigenvalue weighted by Crippen LogP contribution is -2.39. The molecule has 1 atom stereocenters. The zero-order chi connectivity index (χ0) is 22.5. The monoisotopic (exact) mass is 435 g/mol. The molecule has 1 rings (SSSR count). The van der Waals surface area contributed by atoms with E-state index in [0.717, 1.165) is 57.7 Å². The fourth-order valence-corrected chi connectivity index (χ4v) is 4.74. The summed E-state index contributed by atoms with van der Waals surface area (Å²) in [5.41, 5.74) is 0.859. The summed E-state index contributed by atoms with van der Waals surface area (Å²) < 4.78 is 5.40. The fraction of sp³-hybridized carbons (Fsp3) is 0.680. The van der Waals surface area contributed by atoms with Crippen molar-refractivity contribution in [3.63, 3.8) is 0 Å². The van der Waals surface area contributed by atoms with Gasteiger partial charge in [-0.15, -0.1) is 11.8 Å². The summed E-state index contributed by atoms with van der Waals surface area (Å²) in [6, 6.07) is 8.71. The second-order valence-corrected chi connectivity index (χ2v) is 10.5. The lowest BCUT2D eigenvalue weighted by molar-refractivity contribution is -0.154. The molecule has 0 saturated heterocycles. The van der Waals surface area contributed by atoms with Crippen molar-refractivity contribution >= 4 is 24.0 Å². The van der Waals surface area contributed by atoms with Crippen LogP contribution in [0.25, 0.3) is 0 Å². The molecule has 1 aromatic rings. The molecular formula is C25H41NO3S. The van der Waals surface area contributed by atoms with E-state index in [9.17, 15) is 9.59 Å². The van der Waals surface area contributed by atoms with Crippen molar-refractivity contribution in [1.82, 2.24) is 5.32 Å². The van der Waals surface area contributed by atoms with Crippen molar-refractivity contribution in [2.24, 2.45) is 0 Å². The molecule has 0 aromatic heterocycles. The first kappa shape index (κ1) is 26.7. The number of unbranched alkanes of at least 4 members (excludes halogenated alkanes) is 5. The summed E-state index contributed by atoms with van der Waals surface area (Å²) in [5.74, 6) is -0.105. The number of hydrogen-bond acceptors (Lipinski definition) is 5. The molecule has 1 N–H and O–H groups in total. The SMILES string of the molecule is CNC(CCCCCC=O)(CCCCCC(=O)OC(C)(C)C)Sc1ccc(C)cc1. The molecule has 1 aromatic carbocycles. The molecule has 0 amide bonds. The zero-order valence-corrected chi connectivity index (χ0v) is 20.4. The van der Waals surface area contributed by atoms with Gasteiger partial charge in [0.1, 0.15) is 11.9 Å². The standard InChI is InChI=1S/C25H41NO3S/c1-21-14-16-22(17-15-21)30-25(26-5,18-10-6-7-12-20-27)19-11-8-9-13-23(28)29-24(2,3)4/h14-17,20,26H,6-13,18-19H2,1-5H3. The minimum absolute atomic E-state index is 0.0254. The van der Waals surface area contributed by atoms with Gasteiger partial charge in [0.25, 0.3) is 0 Å². The van der Waals surface area contributed by atoms with Gasteiger partial charge in [-0.05, 0) is 72.6 Å². The molecule has 170 valence electrons. The Morgan fingerprint density at radius 3 is 2.13 bits per heavy atom. The third-order valence-corrected chi connectivity index (χ3v) is 6.58. The van der Waals surface area contributed by atoms with Crippen LogP contribution in [0.15, 0.2) is 29.2 Å². The van der Waals surface area contributed by atoms with Gasteiger partial charge in [-0.25, -0.2) is 0 Å². The number of benzene rings is 1. The Morgan fingerprint density at radius 1 is 1.00 bits per heavy atom. The van der Waals surface area contributed by atoms with Crippen LogP contribution in [0.2, 0.25) is 0 Å². The van der Waals surface area contributed by atoms with Gasteiger partial charge in [0, 0.05) is 17.7 Å². The van der Waals surface area contributed by atoms with Gasteiger partial charge in [-0.1, -0.05) is 43.4 Å². The number of carbonyl (C=O) groups is 2. The molecule has 0 saturated carbocycles. The van der Waals surface area contributed by atoms with Crippen molar-refractivity contribution in [2.75, 3.05) is 7.05 Å². The molecule has 0 aliphatic heterocycles. The van der Waals surface area contributed by atoms with Gasteiger partial charge >= 0.3 is 5.97 Å². The highest BCUT2D eigenvalue weighted by Gasteiger charge is 2.28. The lowest BCUT2D eigenvalue weighted by atomic mass is 10.00. The Hall–Kier alpha value is -1.33. The first-order valence-electron chi connectivity index (χ1n) is 11.3. The molecule has 0 heterocycles. The predicted octanol–water partition coefficient (Wildman–Crippen LogP) is 6.44. The molecule has 1 unspecified atom stereocenters. The first-order chi connectivity index (χ1) is 14.2. The van der Waals surface area contributed by atoms with Crippen LogP contribution in [-0.2, 0) is 14.3 Å². The van der Waals surface area contributed by atoms with E-state index < -0.39 is 5.60 Å². The number of ether oxygens (including phenoxy) is 1. The average molecular weight is 436 g/mol. The number of carbonyl (C=O) groups excluding carboxylic acids is 2. The Labute approximate surface area is 187 Å². The van der Waals surface area contributed by atoms with E-state index in [0.29, 0.717) is 12.8 Å². The van der Waals surface area contributed by atoms with Crippen LogP contribution in [0.3, 0.4) is 0 Å². The van der Waals surface area contributed by atoms with Gasteiger partial charge in [-0.2, -0.15) is 0 Å². The Bertz CT molecular complexity index is 624. The molecule has 0 aliphatic carbocycles. The zero-order valence-electron chi connectivity index (χ0n) is 19.6. The molecule has 0 bridgehead atoms. The number of nitrogens with one attached hydrogen (secondary N) is 1. The highest BCUT2D eigenvalue weighted by molar-refractivity contribution is 8.00. The van der Waals surface area contributed by atoms with Crippen molar-refractivity contribution < 1.29 is 14.3 Å².